The first-order valence-electron chi connectivity index (χ1n) is 8.64. The molecule has 1 aliphatic heterocycles. The number of fused-ring (bicyclic) bond motifs is 1. The maximum absolute atomic E-state index is 12.0. The van der Waals surface area contributed by atoms with E-state index in [2.05, 4.69) is 31.1 Å². The molecule has 24 heavy (non-hydrogen) atoms. The second kappa shape index (κ2) is 6.39. The molecule has 1 saturated carbocycles. The van der Waals surface area contributed by atoms with Crippen molar-refractivity contribution in [3.8, 4) is 0 Å². The van der Waals surface area contributed by atoms with E-state index >= 15 is 0 Å². The van der Waals surface area contributed by atoms with Crippen molar-refractivity contribution in [2.24, 2.45) is 13.0 Å². The Morgan fingerprint density at radius 3 is 3.00 bits per heavy atom. The van der Waals surface area contributed by atoms with Crippen molar-refractivity contribution in [3.63, 3.8) is 0 Å². The Hall–Kier alpha value is -2.15. The molecule has 7 nitrogen and oxygen atoms in total. The summed E-state index contributed by atoms with van der Waals surface area (Å²) in [5.74, 6) is 0.811. The smallest absolute Gasteiger partial charge is 0.220 e. The maximum atomic E-state index is 12.0. The fraction of sp³-hybridized carbons (Fsp3) is 0.588. The van der Waals surface area contributed by atoms with Crippen LogP contribution in [-0.2, 0) is 24.9 Å². The van der Waals surface area contributed by atoms with Crippen LogP contribution in [0.2, 0.25) is 0 Å². The Labute approximate surface area is 141 Å². The molecule has 1 N–H and O–H groups in total. The van der Waals surface area contributed by atoms with Gasteiger partial charge in [0.05, 0.1) is 24.3 Å². The molecule has 4 rings (SSSR count). The van der Waals surface area contributed by atoms with Crippen molar-refractivity contribution in [3.05, 3.63) is 36.2 Å². The summed E-state index contributed by atoms with van der Waals surface area (Å²) in [5.41, 5.74) is 2.41. The largest absolute Gasteiger partial charge is 0.354 e. The Morgan fingerprint density at radius 1 is 1.38 bits per heavy atom. The van der Waals surface area contributed by atoms with E-state index < -0.39 is 0 Å². The highest BCUT2D eigenvalue weighted by Crippen LogP contribution is 2.32. The zero-order valence-corrected chi connectivity index (χ0v) is 14.1. The second-order valence-electron chi connectivity index (χ2n) is 7.09. The summed E-state index contributed by atoms with van der Waals surface area (Å²) < 4.78 is 4.04. The summed E-state index contributed by atoms with van der Waals surface area (Å²) in [6.45, 7) is 3.31. The van der Waals surface area contributed by atoms with Crippen molar-refractivity contribution >= 4 is 5.91 Å². The van der Waals surface area contributed by atoms with E-state index in [1.54, 1.807) is 0 Å². The number of rotatable bonds is 6. The van der Waals surface area contributed by atoms with Gasteiger partial charge in [0.25, 0.3) is 0 Å². The zero-order valence-electron chi connectivity index (χ0n) is 14.1. The van der Waals surface area contributed by atoms with Crippen LogP contribution >= 0.6 is 0 Å². The van der Waals surface area contributed by atoms with E-state index in [0.29, 0.717) is 18.9 Å². The third-order valence-electron chi connectivity index (χ3n) is 4.86. The molecule has 1 aliphatic carbocycles. The number of nitrogens with one attached hydrogen (secondary N) is 1. The van der Waals surface area contributed by atoms with E-state index in [1.165, 1.54) is 24.1 Å². The standard InChI is InChI=1S/C17H24N6O/c1-21-8-14(5-20-21)9-22-10-15-6-18-12-23(15)16(11-22)7-19-17(24)4-13-2-3-13/h5-6,8,12-13,16H,2-4,7,9-11H2,1H3,(H,19,24). The maximum Gasteiger partial charge on any atom is 0.220 e. The molecule has 128 valence electrons. The van der Waals surface area contributed by atoms with Crippen molar-refractivity contribution in [2.75, 3.05) is 13.1 Å². The van der Waals surface area contributed by atoms with Gasteiger partial charge in [-0.15, -0.1) is 0 Å². The van der Waals surface area contributed by atoms with Gasteiger partial charge in [0.15, 0.2) is 0 Å². The van der Waals surface area contributed by atoms with Crippen LogP contribution in [0.5, 0.6) is 0 Å². The lowest BCUT2D eigenvalue weighted by Gasteiger charge is -2.34. The minimum Gasteiger partial charge on any atom is -0.354 e. The highest BCUT2D eigenvalue weighted by Gasteiger charge is 2.27. The second-order valence-corrected chi connectivity index (χ2v) is 7.09. The Balaban J connectivity index is 1.39. The molecule has 0 radical (unpaired) electrons. The molecule has 2 aromatic rings. The van der Waals surface area contributed by atoms with Gasteiger partial charge in [-0.05, 0) is 18.8 Å². The molecule has 7 heteroatoms. The predicted octanol–water partition coefficient (Wildman–Crippen LogP) is 1.09. The van der Waals surface area contributed by atoms with Crippen LogP contribution in [0.1, 0.15) is 36.6 Å². The first-order chi connectivity index (χ1) is 11.7. The number of aromatic nitrogens is 4. The number of carbonyl (C=O) groups excluding carboxylic acids is 1. The van der Waals surface area contributed by atoms with Gasteiger partial charge in [0.2, 0.25) is 5.91 Å². The zero-order chi connectivity index (χ0) is 16.5. The highest BCUT2D eigenvalue weighted by molar-refractivity contribution is 5.76. The average Bonchev–Trinajstić information content (AvgIpc) is 3.06. The summed E-state index contributed by atoms with van der Waals surface area (Å²) in [6, 6.07) is 0.232. The normalized spacial score (nSPS) is 20.8. The molecule has 0 bridgehead atoms. The van der Waals surface area contributed by atoms with Gasteiger partial charge in [0.1, 0.15) is 0 Å². The first-order valence-corrected chi connectivity index (χ1v) is 8.64. The summed E-state index contributed by atoms with van der Waals surface area (Å²) in [6.07, 6.45) is 10.9. The molecule has 1 unspecified atom stereocenters. The van der Waals surface area contributed by atoms with Crippen LogP contribution in [0.25, 0.3) is 0 Å². The first kappa shape index (κ1) is 15.4. The molecule has 1 amide bonds. The minimum atomic E-state index is 0.184. The van der Waals surface area contributed by atoms with Gasteiger partial charge in [-0.25, -0.2) is 4.98 Å². The van der Waals surface area contributed by atoms with Crippen LogP contribution in [0.4, 0.5) is 0 Å². The summed E-state index contributed by atoms with van der Waals surface area (Å²) in [5, 5.41) is 7.36. The van der Waals surface area contributed by atoms with Crippen LogP contribution in [-0.4, -0.2) is 43.2 Å². The van der Waals surface area contributed by atoms with Crippen LogP contribution in [0.15, 0.2) is 24.9 Å². The average molecular weight is 328 g/mol. The molecule has 0 aromatic carbocycles. The lowest BCUT2D eigenvalue weighted by molar-refractivity contribution is -0.121. The van der Waals surface area contributed by atoms with E-state index in [0.717, 1.165) is 19.6 Å². The monoisotopic (exact) mass is 328 g/mol. The molecule has 3 heterocycles. The Kier molecular flexibility index (Phi) is 4.10. The molecule has 0 spiro atoms. The quantitative estimate of drug-likeness (QED) is 0.862. The summed E-state index contributed by atoms with van der Waals surface area (Å²) >= 11 is 0. The van der Waals surface area contributed by atoms with Gasteiger partial charge in [-0.3, -0.25) is 14.4 Å². The molecule has 2 aliphatic rings. The van der Waals surface area contributed by atoms with Crippen molar-refractivity contribution in [1.82, 2.24) is 29.5 Å². The number of amides is 1. The van der Waals surface area contributed by atoms with Gasteiger partial charge in [0, 0.05) is 57.6 Å². The molecule has 1 fully saturated rings. The van der Waals surface area contributed by atoms with Crippen LogP contribution in [0.3, 0.4) is 0 Å². The number of carbonyl (C=O) groups is 1. The minimum absolute atomic E-state index is 0.184. The van der Waals surface area contributed by atoms with Gasteiger partial charge >= 0.3 is 0 Å². The van der Waals surface area contributed by atoms with Crippen LogP contribution in [0, 0.1) is 5.92 Å². The molecule has 0 saturated heterocycles. The van der Waals surface area contributed by atoms with Crippen molar-refractivity contribution in [1.29, 1.82) is 0 Å². The van der Waals surface area contributed by atoms with Crippen molar-refractivity contribution < 1.29 is 4.79 Å². The number of hydrogen-bond donors (Lipinski definition) is 1. The van der Waals surface area contributed by atoms with E-state index in [4.69, 9.17) is 0 Å². The summed E-state index contributed by atoms with van der Waals surface area (Å²) in [4.78, 5) is 18.7. The molecule has 2 aromatic heterocycles. The summed E-state index contributed by atoms with van der Waals surface area (Å²) in [7, 11) is 1.94. The van der Waals surface area contributed by atoms with Gasteiger partial charge < -0.3 is 9.88 Å². The highest BCUT2D eigenvalue weighted by atomic mass is 16.1. The van der Waals surface area contributed by atoms with Crippen LogP contribution < -0.4 is 5.32 Å². The third-order valence-corrected chi connectivity index (χ3v) is 4.86. The third kappa shape index (κ3) is 3.51. The fourth-order valence-corrected chi connectivity index (χ4v) is 3.45. The number of imidazole rings is 1. The van der Waals surface area contributed by atoms with Gasteiger partial charge in [-0.1, -0.05) is 0 Å². The number of aryl methyl sites for hydroxylation is 1. The van der Waals surface area contributed by atoms with Crippen molar-refractivity contribution in [2.45, 2.75) is 38.4 Å². The van der Waals surface area contributed by atoms with Gasteiger partial charge in [-0.2, -0.15) is 5.10 Å². The Bertz CT molecular complexity index is 716. The van der Waals surface area contributed by atoms with E-state index in [9.17, 15) is 4.79 Å². The topological polar surface area (TPSA) is 68.0 Å². The van der Waals surface area contributed by atoms with E-state index in [-0.39, 0.29) is 11.9 Å². The SMILES string of the molecule is Cn1cc(CN2Cc3cncn3C(CNC(=O)CC3CC3)C2)cn1. The lowest BCUT2D eigenvalue weighted by Crippen LogP contribution is -2.42. The molecular weight excluding hydrogens is 304 g/mol. The molecule has 1 atom stereocenters. The fourth-order valence-electron chi connectivity index (χ4n) is 3.45. The number of nitrogens with zero attached hydrogens (tertiary/aromatic N) is 5. The molecular formula is C17H24N6O. The number of hydrogen-bond acceptors (Lipinski definition) is 4. The lowest BCUT2D eigenvalue weighted by atomic mass is 10.1. The Morgan fingerprint density at radius 2 is 2.25 bits per heavy atom. The predicted molar refractivity (Wildman–Crippen MR) is 88.9 cm³/mol. The van der Waals surface area contributed by atoms with E-state index in [1.807, 2.05) is 30.5 Å².